The van der Waals surface area contributed by atoms with Crippen molar-refractivity contribution in [3.05, 3.63) is 11.4 Å². The number of hydrogen-bond acceptors (Lipinski definition) is 3. The van der Waals surface area contributed by atoms with Gasteiger partial charge >= 0.3 is 0 Å². The van der Waals surface area contributed by atoms with Gasteiger partial charge in [-0.3, -0.25) is 4.68 Å². The molecule has 1 aliphatic rings. The maximum Gasteiger partial charge on any atom is 0.246 e. The van der Waals surface area contributed by atoms with Gasteiger partial charge in [-0.05, 0) is 33.6 Å². The Morgan fingerprint density at radius 3 is 2.55 bits per heavy atom. The van der Waals surface area contributed by atoms with Gasteiger partial charge in [0.15, 0.2) is 0 Å². The minimum atomic E-state index is -3.45. The van der Waals surface area contributed by atoms with Crippen molar-refractivity contribution < 1.29 is 8.42 Å². The zero-order chi connectivity index (χ0) is 14.9. The normalized spacial score (nSPS) is 15.2. The summed E-state index contributed by atoms with van der Waals surface area (Å²) >= 11 is 0. The molecule has 1 aromatic rings. The third kappa shape index (κ3) is 2.60. The first-order valence-corrected chi connectivity index (χ1v) is 8.33. The number of aryl methyl sites for hydroxylation is 1. The second-order valence-corrected chi connectivity index (χ2v) is 6.85. The van der Waals surface area contributed by atoms with Crippen molar-refractivity contribution in [3.63, 3.8) is 0 Å². The average molecular weight is 295 g/mol. The molecule has 1 fully saturated rings. The highest BCUT2D eigenvalue weighted by Gasteiger charge is 2.39. The fourth-order valence-electron chi connectivity index (χ4n) is 2.47. The van der Waals surface area contributed by atoms with Crippen molar-refractivity contribution in [2.45, 2.75) is 58.0 Å². The van der Waals surface area contributed by atoms with Crippen LogP contribution in [0.5, 0.6) is 0 Å². The van der Waals surface area contributed by atoms with E-state index in [0.717, 1.165) is 12.8 Å². The molecule has 0 atom stereocenters. The van der Waals surface area contributed by atoms with Crippen LogP contribution in [0.25, 0.3) is 0 Å². The van der Waals surface area contributed by atoms with Gasteiger partial charge in [-0.2, -0.15) is 9.40 Å². The standard InChI is InChI=1S/C14H21N3O2S/c1-5-7-10-16-12(4)14(11(3)15-16)20(18,19)17(6-2)13-8-9-13/h13H,6,8-10H2,1-4H3. The van der Waals surface area contributed by atoms with Crippen LogP contribution in [0.2, 0.25) is 0 Å². The molecule has 1 saturated carbocycles. The third-order valence-corrected chi connectivity index (χ3v) is 5.83. The summed E-state index contributed by atoms with van der Waals surface area (Å²) in [5.74, 6) is 5.72. The van der Waals surface area contributed by atoms with Crippen LogP contribution in [0.4, 0.5) is 0 Å². The molecule has 0 bridgehead atoms. The van der Waals surface area contributed by atoms with Crippen LogP contribution in [-0.4, -0.2) is 35.1 Å². The van der Waals surface area contributed by atoms with Gasteiger partial charge in [0.05, 0.1) is 11.4 Å². The lowest BCUT2D eigenvalue weighted by atomic mass is 10.4. The summed E-state index contributed by atoms with van der Waals surface area (Å²) in [7, 11) is -3.45. The topological polar surface area (TPSA) is 55.2 Å². The molecular weight excluding hydrogens is 274 g/mol. The molecular formula is C14H21N3O2S. The van der Waals surface area contributed by atoms with E-state index in [1.165, 1.54) is 0 Å². The Kier molecular flexibility index (Phi) is 4.21. The van der Waals surface area contributed by atoms with E-state index in [-0.39, 0.29) is 6.04 Å². The highest BCUT2D eigenvalue weighted by atomic mass is 32.2. The molecule has 0 unspecified atom stereocenters. The molecule has 2 rings (SSSR count). The summed E-state index contributed by atoms with van der Waals surface area (Å²) < 4.78 is 28.9. The minimum Gasteiger partial charge on any atom is -0.256 e. The Hall–Kier alpha value is -1.32. The molecule has 20 heavy (non-hydrogen) atoms. The van der Waals surface area contributed by atoms with Crippen molar-refractivity contribution in [2.24, 2.45) is 0 Å². The maximum atomic E-state index is 12.8. The zero-order valence-electron chi connectivity index (χ0n) is 12.5. The van der Waals surface area contributed by atoms with Gasteiger partial charge in [0.2, 0.25) is 10.0 Å². The maximum absolute atomic E-state index is 12.8. The van der Waals surface area contributed by atoms with Gasteiger partial charge in [-0.15, -0.1) is 5.92 Å². The van der Waals surface area contributed by atoms with Gasteiger partial charge < -0.3 is 0 Å². The summed E-state index contributed by atoms with van der Waals surface area (Å²) in [6.45, 7) is 8.12. The smallest absolute Gasteiger partial charge is 0.246 e. The Labute approximate surface area is 121 Å². The van der Waals surface area contributed by atoms with E-state index in [1.54, 1.807) is 29.8 Å². The fraction of sp³-hybridized carbons (Fsp3) is 0.643. The summed E-state index contributed by atoms with van der Waals surface area (Å²) in [5, 5.41) is 4.32. The molecule has 0 aliphatic heterocycles. The van der Waals surface area contributed by atoms with Gasteiger partial charge in [0.25, 0.3) is 0 Å². The van der Waals surface area contributed by atoms with Crippen molar-refractivity contribution in [1.82, 2.24) is 14.1 Å². The molecule has 0 saturated heterocycles. The number of hydrogen-bond donors (Lipinski definition) is 0. The predicted molar refractivity (Wildman–Crippen MR) is 77.7 cm³/mol. The molecule has 0 radical (unpaired) electrons. The molecule has 6 heteroatoms. The van der Waals surface area contributed by atoms with Crippen LogP contribution < -0.4 is 0 Å². The molecule has 110 valence electrons. The number of aromatic nitrogens is 2. The Morgan fingerprint density at radius 2 is 2.05 bits per heavy atom. The van der Waals surface area contributed by atoms with E-state index >= 15 is 0 Å². The largest absolute Gasteiger partial charge is 0.256 e. The summed E-state index contributed by atoms with van der Waals surface area (Å²) in [5.41, 5.74) is 1.23. The van der Waals surface area contributed by atoms with Crippen LogP contribution >= 0.6 is 0 Å². The van der Waals surface area contributed by atoms with Crippen molar-refractivity contribution in [1.29, 1.82) is 0 Å². The summed E-state index contributed by atoms with van der Waals surface area (Å²) in [4.78, 5) is 0.351. The summed E-state index contributed by atoms with van der Waals surface area (Å²) in [6.07, 6.45) is 1.92. The van der Waals surface area contributed by atoms with E-state index < -0.39 is 10.0 Å². The zero-order valence-corrected chi connectivity index (χ0v) is 13.3. The van der Waals surface area contributed by atoms with E-state index in [1.807, 2.05) is 6.92 Å². The van der Waals surface area contributed by atoms with E-state index in [0.29, 0.717) is 29.4 Å². The molecule has 1 aromatic heterocycles. The van der Waals surface area contributed by atoms with Crippen LogP contribution in [0, 0.1) is 25.7 Å². The molecule has 0 aromatic carbocycles. The summed E-state index contributed by atoms with van der Waals surface area (Å²) in [6, 6.07) is 0.169. The first-order valence-electron chi connectivity index (χ1n) is 6.89. The minimum absolute atomic E-state index is 0.169. The average Bonchev–Trinajstić information content (AvgIpc) is 3.14. The Morgan fingerprint density at radius 1 is 1.40 bits per heavy atom. The van der Waals surface area contributed by atoms with Crippen molar-refractivity contribution in [2.75, 3.05) is 6.54 Å². The lowest BCUT2D eigenvalue weighted by Gasteiger charge is -2.20. The van der Waals surface area contributed by atoms with Crippen LogP contribution in [0.3, 0.4) is 0 Å². The highest BCUT2D eigenvalue weighted by Crippen LogP contribution is 2.33. The monoisotopic (exact) mass is 295 g/mol. The molecule has 5 nitrogen and oxygen atoms in total. The molecule has 0 amide bonds. The fourth-order valence-corrected chi connectivity index (χ4v) is 4.54. The van der Waals surface area contributed by atoms with E-state index in [2.05, 4.69) is 16.9 Å². The van der Waals surface area contributed by atoms with Crippen LogP contribution in [0.1, 0.15) is 38.1 Å². The Balaban J connectivity index is 2.45. The predicted octanol–water partition coefficient (Wildman–Crippen LogP) is 1.70. The first-order chi connectivity index (χ1) is 9.43. The molecule has 0 N–H and O–H groups in total. The van der Waals surface area contributed by atoms with Crippen LogP contribution in [0.15, 0.2) is 4.90 Å². The first kappa shape index (κ1) is 15.1. The number of sulfonamides is 1. The SMILES string of the molecule is CC#CCn1nc(C)c(S(=O)(=O)N(CC)C2CC2)c1C. The Bertz CT molecular complexity index is 661. The second-order valence-electron chi connectivity index (χ2n) is 5.02. The van der Waals surface area contributed by atoms with Gasteiger partial charge in [-0.25, -0.2) is 8.42 Å². The van der Waals surface area contributed by atoms with Crippen molar-refractivity contribution in [3.8, 4) is 11.8 Å². The number of nitrogens with zero attached hydrogens (tertiary/aromatic N) is 3. The third-order valence-electron chi connectivity index (χ3n) is 3.55. The lowest BCUT2D eigenvalue weighted by molar-refractivity contribution is 0.420. The van der Waals surface area contributed by atoms with Gasteiger partial charge in [0.1, 0.15) is 11.4 Å². The van der Waals surface area contributed by atoms with Crippen LogP contribution in [-0.2, 0) is 16.6 Å². The second kappa shape index (κ2) is 5.58. The molecule has 0 spiro atoms. The highest BCUT2D eigenvalue weighted by molar-refractivity contribution is 7.89. The van der Waals surface area contributed by atoms with E-state index in [4.69, 9.17) is 0 Å². The lowest BCUT2D eigenvalue weighted by Crippen LogP contribution is -2.33. The molecule has 1 heterocycles. The van der Waals surface area contributed by atoms with Gasteiger partial charge in [-0.1, -0.05) is 12.8 Å². The van der Waals surface area contributed by atoms with Gasteiger partial charge in [0, 0.05) is 12.6 Å². The quantitative estimate of drug-likeness (QED) is 0.777. The number of rotatable bonds is 5. The van der Waals surface area contributed by atoms with Crippen molar-refractivity contribution >= 4 is 10.0 Å². The molecule has 1 aliphatic carbocycles. The van der Waals surface area contributed by atoms with E-state index in [9.17, 15) is 8.42 Å².